The second kappa shape index (κ2) is 8.44. The average Bonchev–Trinajstić information content (AvgIpc) is 2.82. The molecule has 0 saturated carbocycles. The van der Waals surface area contributed by atoms with E-state index in [4.69, 9.17) is 11.6 Å². The molecule has 0 spiro atoms. The highest BCUT2D eigenvalue weighted by atomic mass is 35.5. The van der Waals surface area contributed by atoms with Crippen LogP contribution in [0.1, 0.15) is 42.1 Å². The summed E-state index contributed by atoms with van der Waals surface area (Å²) in [6.45, 7) is 2.62. The Bertz CT molecular complexity index is 899. The number of carbonyl (C=O) groups is 1. The van der Waals surface area contributed by atoms with Crippen LogP contribution in [0.4, 0.5) is 0 Å². The lowest BCUT2D eigenvalue weighted by molar-refractivity contribution is -0.132. The molecule has 2 aromatic carbocycles. The number of carbonyl (C=O) groups excluding carboxylic acids is 1. The Labute approximate surface area is 166 Å². The number of rotatable bonds is 4. The lowest BCUT2D eigenvalue weighted by Gasteiger charge is -2.25. The van der Waals surface area contributed by atoms with Crippen LogP contribution in [0.15, 0.2) is 54.6 Å². The van der Waals surface area contributed by atoms with Crippen molar-refractivity contribution in [1.29, 1.82) is 0 Å². The molecule has 1 amide bonds. The maximum atomic E-state index is 13.1. The van der Waals surface area contributed by atoms with Crippen molar-refractivity contribution in [3.8, 4) is 0 Å². The molecule has 1 aliphatic rings. The summed E-state index contributed by atoms with van der Waals surface area (Å²) in [5, 5.41) is -0.206. The quantitative estimate of drug-likeness (QED) is 0.765. The van der Waals surface area contributed by atoms with E-state index in [-0.39, 0.29) is 24.1 Å². The van der Waals surface area contributed by atoms with Crippen molar-refractivity contribution in [1.82, 2.24) is 4.90 Å². The minimum Gasteiger partial charge on any atom is -0.341 e. The molecule has 0 aromatic heterocycles. The van der Waals surface area contributed by atoms with E-state index in [0.717, 1.165) is 5.56 Å². The molecule has 144 valence electrons. The third-order valence-electron chi connectivity index (χ3n) is 5.21. The van der Waals surface area contributed by atoms with Crippen molar-refractivity contribution in [2.45, 2.75) is 30.9 Å². The van der Waals surface area contributed by atoms with E-state index in [1.54, 1.807) is 29.2 Å². The van der Waals surface area contributed by atoms with Crippen LogP contribution in [0.2, 0.25) is 5.02 Å². The zero-order chi connectivity index (χ0) is 19.4. The highest BCUT2D eigenvalue weighted by Gasteiger charge is 2.35. The van der Waals surface area contributed by atoms with Crippen molar-refractivity contribution >= 4 is 27.3 Å². The predicted molar refractivity (Wildman–Crippen MR) is 109 cm³/mol. The molecule has 4 nitrogen and oxygen atoms in total. The largest absolute Gasteiger partial charge is 0.341 e. The molecule has 2 atom stereocenters. The fourth-order valence-electron chi connectivity index (χ4n) is 3.71. The average molecular weight is 406 g/mol. The first-order chi connectivity index (χ1) is 12.9. The molecule has 0 bridgehead atoms. The molecule has 0 N–H and O–H groups in total. The summed E-state index contributed by atoms with van der Waals surface area (Å²) in [5.74, 6) is -0.288. The molecule has 1 aliphatic heterocycles. The van der Waals surface area contributed by atoms with Gasteiger partial charge in [0, 0.05) is 18.1 Å². The van der Waals surface area contributed by atoms with Gasteiger partial charge in [-0.25, -0.2) is 8.42 Å². The van der Waals surface area contributed by atoms with Gasteiger partial charge in [0.15, 0.2) is 9.84 Å². The second-order valence-corrected chi connectivity index (χ2v) is 9.57. The summed E-state index contributed by atoms with van der Waals surface area (Å²) < 4.78 is 25.7. The van der Waals surface area contributed by atoms with Gasteiger partial charge in [0.1, 0.15) is 0 Å². The van der Waals surface area contributed by atoms with E-state index in [9.17, 15) is 13.2 Å². The maximum absolute atomic E-state index is 13.1. The molecular formula is C21H24ClNO3S. The Hall–Kier alpha value is -1.85. The van der Waals surface area contributed by atoms with Gasteiger partial charge in [-0.15, -0.1) is 0 Å². The molecule has 27 heavy (non-hydrogen) atoms. The third kappa shape index (κ3) is 4.36. The number of hydrogen-bond acceptors (Lipinski definition) is 3. The van der Waals surface area contributed by atoms with Crippen molar-refractivity contribution in [2.24, 2.45) is 0 Å². The van der Waals surface area contributed by atoms with Crippen molar-refractivity contribution in [2.75, 3.05) is 18.8 Å². The van der Waals surface area contributed by atoms with Crippen LogP contribution < -0.4 is 0 Å². The standard InChI is InChI=1S/C21H24ClNO3S/c1-2-17(16-8-4-3-5-9-16)21(24)23-13-12-20(27(25,26)15-14-23)18-10-6-7-11-19(18)22/h3-11,17,20H,2,12-15H2,1H3. The summed E-state index contributed by atoms with van der Waals surface area (Å²) in [7, 11) is -3.38. The van der Waals surface area contributed by atoms with Gasteiger partial charge in [-0.2, -0.15) is 0 Å². The Morgan fingerprint density at radius 3 is 2.44 bits per heavy atom. The van der Waals surface area contributed by atoms with Gasteiger partial charge in [-0.1, -0.05) is 67.1 Å². The minimum atomic E-state index is -3.38. The number of halogens is 1. The Morgan fingerprint density at radius 2 is 1.78 bits per heavy atom. The van der Waals surface area contributed by atoms with Gasteiger partial charge in [-0.05, 0) is 30.0 Å². The fourth-order valence-corrected chi connectivity index (χ4v) is 5.86. The first-order valence-electron chi connectivity index (χ1n) is 9.23. The Morgan fingerprint density at radius 1 is 1.11 bits per heavy atom. The van der Waals surface area contributed by atoms with Gasteiger partial charge in [0.25, 0.3) is 0 Å². The van der Waals surface area contributed by atoms with Crippen LogP contribution >= 0.6 is 11.6 Å². The van der Waals surface area contributed by atoms with Crippen molar-refractivity contribution < 1.29 is 13.2 Å². The van der Waals surface area contributed by atoms with E-state index in [0.29, 0.717) is 30.0 Å². The zero-order valence-corrected chi connectivity index (χ0v) is 16.9. The highest BCUT2D eigenvalue weighted by molar-refractivity contribution is 7.91. The first-order valence-corrected chi connectivity index (χ1v) is 11.3. The van der Waals surface area contributed by atoms with Gasteiger partial charge in [-0.3, -0.25) is 4.79 Å². The van der Waals surface area contributed by atoms with Crippen LogP contribution in [-0.4, -0.2) is 38.1 Å². The van der Waals surface area contributed by atoms with E-state index in [1.807, 2.05) is 37.3 Å². The van der Waals surface area contributed by atoms with Crippen LogP contribution in [-0.2, 0) is 14.6 Å². The molecule has 1 fully saturated rings. The predicted octanol–water partition coefficient (Wildman–Crippen LogP) is 4.22. The summed E-state index contributed by atoms with van der Waals surface area (Å²) in [5.41, 5.74) is 1.60. The van der Waals surface area contributed by atoms with Gasteiger partial charge in [0.05, 0.1) is 16.9 Å². The summed E-state index contributed by atoms with van der Waals surface area (Å²) in [4.78, 5) is 14.8. The van der Waals surface area contributed by atoms with Crippen LogP contribution in [0.3, 0.4) is 0 Å². The summed E-state index contributed by atoms with van der Waals surface area (Å²) in [6, 6.07) is 16.7. The highest BCUT2D eigenvalue weighted by Crippen LogP contribution is 2.34. The normalized spacial score (nSPS) is 20.7. The smallest absolute Gasteiger partial charge is 0.230 e. The number of amides is 1. The number of benzene rings is 2. The number of nitrogens with zero attached hydrogens (tertiary/aromatic N) is 1. The van der Waals surface area contributed by atoms with Gasteiger partial charge >= 0.3 is 0 Å². The SMILES string of the molecule is CCC(C(=O)N1CCC(c2ccccc2Cl)S(=O)(=O)CC1)c1ccccc1. The van der Waals surface area contributed by atoms with Gasteiger partial charge < -0.3 is 4.90 Å². The monoisotopic (exact) mass is 405 g/mol. The topological polar surface area (TPSA) is 54.5 Å². The first kappa shape index (κ1) is 19.9. The van der Waals surface area contributed by atoms with E-state index < -0.39 is 15.1 Å². The third-order valence-corrected chi connectivity index (χ3v) is 7.66. The van der Waals surface area contributed by atoms with Crippen LogP contribution in [0.25, 0.3) is 0 Å². The molecule has 0 aliphatic carbocycles. The molecule has 6 heteroatoms. The molecule has 2 aromatic rings. The van der Waals surface area contributed by atoms with E-state index in [2.05, 4.69) is 0 Å². The van der Waals surface area contributed by atoms with Crippen molar-refractivity contribution in [3.63, 3.8) is 0 Å². The lowest BCUT2D eigenvalue weighted by Crippen LogP contribution is -2.37. The number of sulfone groups is 1. The lowest BCUT2D eigenvalue weighted by atomic mass is 9.95. The van der Waals surface area contributed by atoms with Crippen molar-refractivity contribution in [3.05, 3.63) is 70.7 Å². The second-order valence-electron chi connectivity index (χ2n) is 6.86. The zero-order valence-electron chi connectivity index (χ0n) is 15.3. The summed E-state index contributed by atoms with van der Waals surface area (Å²) in [6.07, 6.45) is 1.04. The maximum Gasteiger partial charge on any atom is 0.230 e. The van der Waals surface area contributed by atoms with E-state index in [1.165, 1.54) is 0 Å². The molecule has 1 saturated heterocycles. The fraction of sp³-hybridized carbons (Fsp3) is 0.381. The van der Waals surface area contributed by atoms with Gasteiger partial charge in [0.2, 0.25) is 5.91 Å². The Kier molecular flexibility index (Phi) is 6.22. The molecule has 0 radical (unpaired) electrons. The van der Waals surface area contributed by atoms with Crippen LogP contribution in [0, 0.1) is 0 Å². The summed E-state index contributed by atoms with van der Waals surface area (Å²) >= 11 is 6.25. The molecular weight excluding hydrogens is 382 g/mol. The Balaban J connectivity index is 1.83. The van der Waals surface area contributed by atoms with Crippen LogP contribution in [0.5, 0.6) is 0 Å². The molecule has 3 rings (SSSR count). The molecule has 2 unspecified atom stereocenters. The molecule has 1 heterocycles. The minimum absolute atomic E-state index is 0.00120. The number of hydrogen-bond donors (Lipinski definition) is 0. The van der Waals surface area contributed by atoms with E-state index >= 15 is 0 Å².